The molecule has 0 aliphatic heterocycles. The second-order valence-electron chi connectivity index (χ2n) is 6.44. The normalized spacial score (nSPS) is 11.2. The van der Waals surface area contributed by atoms with E-state index in [4.69, 9.17) is 0 Å². The smallest absolute Gasteiger partial charge is 0.116 e. The van der Waals surface area contributed by atoms with Crippen molar-refractivity contribution in [2.45, 2.75) is 0 Å². The Bertz CT molecular complexity index is 1200. The third-order valence-electron chi connectivity index (χ3n) is 4.88. The maximum atomic E-state index is 9.93. The summed E-state index contributed by atoms with van der Waals surface area (Å²) >= 11 is 0. The summed E-state index contributed by atoms with van der Waals surface area (Å²) in [5.41, 5.74) is 5.57. The van der Waals surface area contributed by atoms with E-state index in [9.17, 15) is 5.11 Å². The van der Waals surface area contributed by atoms with Gasteiger partial charge in [0.1, 0.15) is 5.75 Å². The van der Waals surface area contributed by atoms with Crippen LogP contribution in [0.25, 0.3) is 38.6 Å². The van der Waals surface area contributed by atoms with Gasteiger partial charge >= 0.3 is 0 Å². The Morgan fingerprint density at radius 1 is 0.577 bits per heavy atom. The topological polar surface area (TPSA) is 25.2 Å². The van der Waals surface area contributed by atoms with Crippen molar-refractivity contribution in [2.75, 3.05) is 0 Å². The van der Waals surface area contributed by atoms with E-state index in [2.05, 4.69) is 71.3 Å². The molecule has 1 N–H and O–H groups in total. The maximum absolute atomic E-state index is 9.93. The molecule has 5 aromatic rings. The molecule has 2 heteroatoms. The molecule has 0 amide bonds. The first-order valence-electron chi connectivity index (χ1n) is 8.70. The van der Waals surface area contributed by atoms with Crippen LogP contribution in [-0.2, 0) is 0 Å². The molecule has 4 aromatic carbocycles. The second-order valence-corrected chi connectivity index (χ2v) is 6.44. The van der Waals surface area contributed by atoms with Crippen molar-refractivity contribution in [1.29, 1.82) is 0 Å². The zero-order chi connectivity index (χ0) is 17.5. The number of phenols is 1. The van der Waals surface area contributed by atoms with E-state index in [0.717, 1.165) is 16.8 Å². The fourth-order valence-electron chi connectivity index (χ4n) is 3.77. The summed E-state index contributed by atoms with van der Waals surface area (Å²) in [6.07, 6.45) is 0. The highest BCUT2D eigenvalue weighted by molar-refractivity contribution is 6.09. The molecule has 0 aliphatic carbocycles. The minimum atomic E-state index is 0.277. The van der Waals surface area contributed by atoms with Gasteiger partial charge in [0.25, 0.3) is 0 Å². The highest BCUT2D eigenvalue weighted by atomic mass is 16.3. The number of fused-ring (bicyclic) bond motifs is 3. The van der Waals surface area contributed by atoms with Crippen LogP contribution in [-0.4, -0.2) is 9.67 Å². The molecule has 0 saturated carbocycles. The molecular formula is C24H17NO. The highest BCUT2D eigenvalue weighted by Crippen LogP contribution is 2.36. The fraction of sp³-hybridized carbons (Fsp3) is 0. The lowest BCUT2D eigenvalue weighted by molar-refractivity contribution is 0.475. The first-order chi connectivity index (χ1) is 12.8. The maximum Gasteiger partial charge on any atom is 0.116 e. The first kappa shape index (κ1) is 14.8. The monoisotopic (exact) mass is 335 g/mol. The quantitative estimate of drug-likeness (QED) is 0.411. The third kappa shape index (κ3) is 2.20. The number of aromatic hydroxyl groups is 1. The highest BCUT2D eigenvalue weighted by Gasteiger charge is 2.14. The number of hydrogen-bond acceptors (Lipinski definition) is 1. The van der Waals surface area contributed by atoms with Gasteiger partial charge in [-0.1, -0.05) is 66.7 Å². The number of benzene rings is 4. The van der Waals surface area contributed by atoms with E-state index in [1.54, 1.807) is 6.07 Å². The first-order valence-corrected chi connectivity index (χ1v) is 8.70. The zero-order valence-electron chi connectivity index (χ0n) is 14.1. The van der Waals surface area contributed by atoms with Crippen molar-refractivity contribution in [1.82, 2.24) is 4.57 Å². The van der Waals surface area contributed by atoms with Crippen molar-refractivity contribution >= 4 is 21.8 Å². The van der Waals surface area contributed by atoms with Crippen LogP contribution in [0.3, 0.4) is 0 Å². The molecule has 1 heterocycles. The number of rotatable bonds is 2. The Kier molecular flexibility index (Phi) is 3.29. The third-order valence-corrected chi connectivity index (χ3v) is 4.88. The Morgan fingerprint density at radius 3 is 1.88 bits per heavy atom. The standard InChI is InChI=1S/C24H17NO/c26-18-9-7-8-17(16-18)19-10-1-4-13-22(19)25-23-14-5-2-11-20(23)21-12-3-6-15-24(21)25/h1-16,26H. The lowest BCUT2D eigenvalue weighted by Gasteiger charge is -2.14. The van der Waals surface area contributed by atoms with Gasteiger partial charge in [-0.3, -0.25) is 0 Å². The summed E-state index contributed by atoms with van der Waals surface area (Å²) in [5.74, 6) is 0.277. The van der Waals surface area contributed by atoms with Crippen LogP contribution < -0.4 is 0 Å². The predicted octanol–water partition coefficient (Wildman–Crippen LogP) is 6.16. The molecule has 124 valence electrons. The minimum absolute atomic E-state index is 0.277. The molecular weight excluding hydrogens is 318 g/mol. The van der Waals surface area contributed by atoms with Crippen LogP contribution in [0, 0.1) is 0 Å². The molecule has 0 unspecified atom stereocenters. The van der Waals surface area contributed by atoms with Crippen molar-refractivity contribution in [3.63, 3.8) is 0 Å². The van der Waals surface area contributed by atoms with Gasteiger partial charge < -0.3 is 9.67 Å². The van der Waals surface area contributed by atoms with Crippen molar-refractivity contribution in [3.05, 3.63) is 97.1 Å². The van der Waals surface area contributed by atoms with Gasteiger partial charge in [0.2, 0.25) is 0 Å². The van der Waals surface area contributed by atoms with Crippen LogP contribution >= 0.6 is 0 Å². The molecule has 26 heavy (non-hydrogen) atoms. The minimum Gasteiger partial charge on any atom is -0.508 e. The Labute approximate surface area is 151 Å². The molecule has 0 aliphatic rings. The van der Waals surface area contributed by atoms with Crippen LogP contribution in [0.15, 0.2) is 97.1 Å². The van der Waals surface area contributed by atoms with Gasteiger partial charge in [-0.05, 0) is 35.9 Å². The average molecular weight is 335 g/mol. The lowest BCUT2D eigenvalue weighted by Crippen LogP contribution is -1.96. The summed E-state index contributed by atoms with van der Waals surface area (Å²) in [6.45, 7) is 0. The molecule has 1 aromatic heterocycles. The van der Waals surface area contributed by atoms with E-state index in [1.807, 2.05) is 24.3 Å². The van der Waals surface area contributed by atoms with E-state index in [1.165, 1.54) is 21.8 Å². The van der Waals surface area contributed by atoms with Crippen LogP contribution in [0.2, 0.25) is 0 Å². The van der Waals surface area contributed by atoms with Crippen LogP contribution in [0.1, 0.15) is 0 Å². The van der Waals surface area contributed by atoms with Gasteiger partial charge in [0, 0.05) is 16.3 Å². The molecule has 0 saturated heterocycles. The van der Waals surface area contributed by atoms with E-state index in [-0.39, 0.29) is 5.75 Å². The molecule has 5 rings (SSSR count). The van der Waals surface area contributed by atoms with Gasteiger partial charge in [0.05, 0.1) is 16.7 Å². The Hall–Kier alpha value is -3.52. The van der Waals surface area contributed by atoms with Crippen molar-refractivity contribution < 1.29 is 5.11 Å². The zero-order valence-corrected chi connectivity index (χ0v) is 14.1. The number of phenolic OH excluding ortho intramolecular Hbond substituents is 1. The fourth-order valence-corrected chi connectivity index (χ4v) is 3.77. The SMILES string of the molecule is Oc1cccc(-c2ccccc2-n2c3ccccc3c3ccccc32)c1. The van der Waals surface area contributed by atoms with Crippen molar-refractivity contribution in [2.24, 2.45) is 0 Å². The second kappa shape index (κ2) is 5.78. The number of hydrogen-bond donors (Lipinski definition) is 1. The Balaban J connectivity index is 1.90. The van der Waals surface area contributed by atoms with Crippen molar-refractivity contribution in [3.8, 4) is 22.6 Å². The number of para-hydroxylation sites is 3. The van der Waals surface area contributed by atoms with Gasteiger partial charge in [-0.25, -0.2) is 0 Å². The number of nitrogens with zero attached hydrogens (tertiary/aromatic N) is 1. The largest absolute Gasteiger partial charge is 0.508 e. The summed E-state index contributed by atoms with van der Waals surface area (Å²) in [7, 11) is 0. The van der Waals surface area contributed by atoms with Gasteiger partial charge in [-0.15, -0.1) is 0 Å². The summed E-state index contributed by atoms with van der Waals surface area (Å²) in [5, 5.41) is 12.4. The summed E-state index contributed by atoms with van der Waals surface area (Å²) in [4.78, 5) is 0. The molecule has 0 spiro atoms. The molecule has 0 atom stereocenters. The van der Waals surface area contributed by atoms with Gasteiger partial charge in [0.15, 0.2) is 0 Å². The summed E-state index contributed by atoms with van der Waals surface area (Å²) < 4.78 is 2.31. The van der Waals surface area contributed by atoms with E-state index >= 15 is 0 Å². The molecule has 2 nitrogen and oxygen atoms in total. The predicted molar refractivity (Wildman–Crippen MR) is 108 cm³/mol. The van der Waals surface area contributed by atoms with Gasteiger partial charge in [-0.2, -0.15) is 0 Å². The molecule has 0 radical (unpaired) electrons. The number of aromatic nitrogens is 1. The molecule has 0 bridgehead atoms. The van der Waals surface area contributed by atoms with Crippen LogP contribution in [0.4, 0.5) is 0 Å². The average Bonchev–Trinajstić information content (AvgIpc) is 3.02. The molecule has 0 fully saturated rings. The van der Waals surface area contributed by atoms with E-state index in [0.29, 0.717) is 0 Å². The lowest BCUT2D eigenvalue weighted by atomic mass is 10.0. The van der Waals surface area contributed by atoms with Crippen LogP contribution in [0.5, 0.6) is 5.75 Å². The Morgan fingerprint density at radius 2 is 1.19 bits per heavy atom. The van der Waals surface area contributed by atoms with E-state index < -0.39 is 0 Å². The summed E-state index contributed by atoms with van der Waals surface area (Å²) in [6, 6.07) is 32.8.